The molecule has 2 aromatic carbocycles. The van der Waals surface area contributed by atoms with Gasteiger partial charge in [-0.3, -0.25) is 4.79 Å². The maximum absolute atomic E-state index is 14.4. The lowest BCUT2D eigenvalue weighted by Gasteiger charge is -2.12. The molecule has 7 nitrogen and oxygen atoms in total. The molecule has 1 amide bonds. The average Bonchev–Trinajstić information content (AvgIpc) is 3.16. The first kappa shape index (κ1) is 23.3. The second-order valence-electron chi connectivity index (χ2n) is 7.07. The number of halogens is 1. The van der Waals surface area contributed by atoms with E-state index in [4.69, 9.17) is 19.3 Å². The van der Waals surface area contributed by atoms with Gasteiger partial charge in [-0.25, -0.2) is 9.07 Å². The Morgan fingerprint density at radius 2 is 1.88 bits per heavy atom. The molecule has 8 heteroatoms. The molecular formula is C24H28FN3O4. The maximum Gasteiger partial charge on any atom is 0.226 e. The van der Waals surface area contributed by atoms with E-state index in [1.54, 1.807) is 37.1 Å². The summed E-state index contributed by atoms with van der Waals surface area (Å²) >= 11 is 0. The number of methoxy groups -OCH3 is 2. The third-order valence-corrected chi connectivity index (χ3v) is 4.95. The van der Waals surface area contributed by atoms with Crippen molar-refractivity contribution in [1.82, 2.24) is 15.1 Å². The zero-order valence-corrected chi connectivity index (χ0v) is 18.6. The summed E-state index contributed by atoms with van der Waals surface area (Å²) in [7, 11) is 3.18. The lowest BCUT2D eigenvalue weighted by molar-refractivity contribution is -0.121. The van der Waals surface area contributed by atoms with E-state index in [9.17, 15) is 9.18 Å². The number of nitrogens with one attached hydrogen (secondary N) is 1. The Balaban J connectivity index is 1.96. The van der Waals surface area contributed by atoms with E-state index in [1.165, 1.54) is 6.07 Å². The largest absolute Gasteiger partial charge is 0.497 e. The number of rotatable bonds is 11. The van der Waals surface area contributed by atoms with E-state index in [1.807, 2.05) is 31.2 Å². The van der Waals surface area contributed by atoms with Gasteiger partial charge in [-0.2, -0.15) is 5.10 Å². The molecule has 0 aliphatic rings. The van der Waals surface area contributed by atoms with Crippen LogP contribution in [0.1, 0.15) is 24.6 Å². The lowest BCUT2D eigenvalue weighted by Crippen LogP contribution is -2.27. The van der Waals surface area contributed by atoms with Crippen molar-refractivity contribution in [2.75, 3.05) is 27.4 Å². The summed E-state index contributed by atoms with van der Waals surface area (Å²) in [6.45, 7) is 2.87. The van der Waals surface area contributed by atoms with E-state index < -0.39 is 5.82 Å². The molecule has 0 saturated heterocycles. The fourth-order valence-corrected chi connectivity index (χ4v) is 3.27. The number of amides is 1. The van der Waals surface area contributed by atoms with E-state index in [0.29, 0.717) is 37.6 Å². The Labute approximate surface area is 187 Å². The van der Waals surface area contributed by atoms with E-state index >= 15 is 0 Å². The number of carbonyl (C=O) groups excluding carboxylic acids is 1. The number of hydrogen-bond donors (Lipinski definition) is 1. The van der Waals surface area contributed by atoms with Gasteiger partial charge in [0.25, 0.3) is 0 Å². The van der Waals surface area contributed by atoms with Gasteiger partial charge in [-0.05, 0) is 49.2 Å². The van der Waals surface area contributed by atoms with Crippen molar-refractivity contribution in [3.05, 3.63) is 65.6 Å². The molecular weight excluding hydrogens is 413 g/mol. The number of aryl methyl sites for hydroxylation is 1. The summed E-state index contributed by atoms with van der Waals surface area (Å²) in [5.74, 6) is 0.619. The first-order valence-corrected chi connectivity index (χ1v) is 10.5. The normalized spacial score (nSPS) is 10.8. The molecule has 32 heavy (non-hydrogen) atoms. The minimum absolute atomic E-state index is 0.0932. The topological polar surface area (TPSA) is 74.6 Å². The van der Waals surface area contributed by atoms with Crippen molar-refractivity contribution in [3.63, 3.8) is 0 Å². The smallest absolute Gasteiger partial charge is 0.226 e. The highest BCUT2D eigenvalue weighted by molar-refractivity contribution is 5.76. The van der Waals surface area contributed by atoms with Gasteiger partial charge in [0.1, 0.15) is 5.75 Å². The lowest BCUT2D eigenvalue weighted by atomic mass is 10.1. The van der Waals surface area contributed by atoms with Crippen molar-refractivity contribution in [3.8, 4) is 23.1 Å². The van der Waals surface area contributed by atoms with Crippen molar-refractivity contribution in [2.45, 2.75) is 26.2 Å². The number of hydrogen-bond acceptors (Lipinski definition) is 5. The van der Waals surface area contributed by atoms with Crippen LogP contribution in [-0.4, -0.2) is 43.1 Å². The molecule has 0 saturated carbocycles. The second kappa shape index (κ2) is 11.3. The highest BCUT2D eigenvalue weighted by Gasteiger charge is 2.22. The quantitative estimate of drug-likeness (QED) is 0.454. The number of ether oxygens (including phenoxy) is 3. The van der Waals surface area contributed by atoms with Crippen LogP contribution in [0.15, 0.2) is 48.5 Å². The van der Waals surface area contributed by atoms with Crippen LogP contribution in [0.25, 0.3) is 5.69 Å². The molecule has 1 heterocycles. The zero-order valence-electron chi connectivity index (χ0n) is 18.6. The second-order valence-corrected chi connectivity index (χ2v) is 7.07. The van der Waals surface area contributed by atoms with Crippen LogP contribution in [0.4, 0.5) is 4.39 Å². The van der Waals surface area contributed by atoms with Crippen molar-refractivity contribution < 1.29 is 23.4 Å². The van der Waals surface area contributed by atoms with Gasteiger partial charge in [-0.15, -0.1) is 0 Å². The van der Waals surface area contributed by atoms with Crippen LogP contribution < -0.4 is 14.8 Å². The van der Waals surface area contributed by atoms with Crippen molar-refractivity contribution in [1.29, 1.82) is 0 Å². The fraction of sp³-hybridized carbons (Fsp3) is 0.333. The highest BCUT2D eigenvalue weighted by Crippen LogP contribution is 2.33. The Bertz CT molecular complexity index is 1030. The molecule has 0 radical (unpaired) electrons. The minimum atomic E-state index is -0.476. The molecule has 0 unspecified atom stereocenters. The number of nitrogens with zero attached hydrogens (tertiary/aromatic N) is 2. The van der Waals surface area contributed by atoms with Crippen LogP contribution in [0, 0.1) is 5.82 Å². The van der Waals surface area contributed by atoms with Gasteiger partial charge in [0.05, 0.1) is 25.1 Å². The number of para-hydroxylation sites is 1. The first-order valence-electron chi connectivity index (χ1n) is 10.5. The summed E-state index contributed by atoms with van der Waals surface area (Å²) in [5.41, 5.74) is 2.30. The molecule has 0 spiro atoms. The van der Waals surface area contributed by atoms with Gasteiger partial charge in [-0.1, -0.05) is 19.1 Å². The van der Waals surface area contributed by atoms with E-state index in [0.717, 1.165) is 16.9 Å². The van der Waals surface area contributed by atoms with E-state index in [-0.39, 0.29) is 18.1 Å². The maximum atomic E-state index is 14.4. The van der Waals surface area contributed by atoms with Gasteiger partial charge >= 0.3 is 0 Å². The van der Waals surface area contributed by atoms with Crippen molar-refractivity contribution in [2.24, 2.45) is 0 Å². The molecule has 3 aromatic rings. The molecule has 1 N–H and O–H groups in total. The molecule has 0 aliphatic carbocycles. The predicted molar refractivity (Wildman–Crippen MR) is 119 cm³/mol. The van der Waals surface area contributed by atoms with Gasteiger partial charge in [0.15, 0.2) is 11.6 Å². The first-order chi connectivity index (χ1) is 15.6. The Morgan fingerprint density at radius 1 is 1.12 bits per heavy atom. The number of carbonyl (C=O) groups is 1. The van der Waals surface area contributed by atoms with Gasteiger partial charge < -0.3 is 19.5 Å². The average molecular weight is 442 g/mol. The molecule has 3 rings (SSSR count). The van der Waals surface area contributed by atoms with Crippen molar-refractivity contribution >= 4 is 5.91 Å². The van der Waals surface area contributed by atoms with Crippen LogP contribution >= 0.6 is 0 Å². The molecule has 0 atom stereocenters. The number of aromatic nitrogens is 2. The summed E-state index contributed by atoms with van der Waals surface area (Å²) in [4.78, 5) is 12.3. The third kappa shape index (κ3) is 5.64. The summed E-state index contributed by atoms with van der Waals surface area (Å²) in [6, 6.07) is 13.5. The van der Waals surface area contributed by atoms with E-state index in [2.05, 4.69) is 5.32 Å². The third-order valence-electron chi connectivity index (χ3n) is 4.95. The van der Waals surface area contributed by atoms with Crippen LogP contribution in [-0.2, 0) is 22.4 Å². The highest BCUT2D eigenvalue weighted by atomic mass is 19.1. The Morgan fingerprint density at radius 3 is 2.53 bits per heavy atom. The monoisotopic (exact) mass is 441 g/mol. The Hall–Kier alpha value is -3.39. The fourth-order valence-electron chi connectivity index (χ4n) is 3.27. The van der Waals surface area contributed by atoms with Crippen LogP contribution in [0.3, 0.4) is 0 Å². The predicted octanol–water partition coefficient (Wildman–Crippen LogP) is 4.07. The summed E-state index contributed by atoms with van der Waals surface area (Å²) in [6.07, 6.45) is 1.29. The molecule has 0 aliphatic heterocycles. The minimum Gasteiger partial charge on any atom is -0.497 e. The molecule has 0 fully saturated rings. The van der Waals surface area contributed by atoms with Crippen LogP contribution in [0.5, 0.6) is 17.4 Å². The molecule has 0 bridgehead atoms. The van der Waals surface area contributed by atoms with Gasteiger partial charge in [0, 0.05) is 25.6 Å². The Kier molecular flexibility index (Phi) is 8.21. The van der Waals surface area contributed by atoms with Gasteiger partial charge in [0.2, 0.25) is 11.8 Å². The molecule has 170 valence electrons. The standard InChI is InChI=1S/C24H28FN3O4/c1-4-21-19(13-14-23(29)26-15-16-30-2)24(32-22-8-6-5-7-20(22)25)28(27-21)17-9-11-18(31-3)12-10-17/h5-12H,4,13-16H2,1-3H3,(H,26,29). The summed E-state index contributed by atoms with van der Waals surface area (Å²) in [5, 5.41) is 7.53. The SMILES string of the molecule is CCc1nn(-c2ccc(OC)cc2)c(Oc2ccccc2F)c1CCC(=O)NCCOC. The summed E-state index contributed by atoms with van der Waals surface area (Å²) < 4.78 is 32.3. The molecule has 1 aromatic heterocycles. The zero-order chi connectivity index (χ0) is 22.9. The van der Waals surface area contributed by atoms with Crippen LogP contribution in [0.2, 0.25) is 0 Å². The number of benzene rings is 2.